The Hall–Kier alpha value is -4.21. The molecule has 0 aliphatic rings. The van der Waals surface area contributed by atoms with E-state index in [0.29, 0.717) is 16.6 Å². The number of fused-ring (bicyclic) bond motifs is 1. The zero-order chi connectivity index (χ0) is 25.3. The van der Waals surface area contributed by atoms with Crippen LogP contribution in [0.4, 0.5) is 19.0 Å². The highest BCUT2D eigenvalue weighted by Crippen LogP contribution is 2.30. The summed E-state index contributed by atoms with van der Waals surface area (Å²) in [6.45, 7) is 3.52. The minimum atomic E-state index is -4.51. The Kier molecular flexibility index (Phi) is 6.29. The summed E-state index contributed by atoms with van der Waals surface area (Å²) in [6.07, 6.45) is -0.487. The second-order valence-electron chi connectivity index (χ2n) is 8.13. The van der Waals surface area contributed by atoms with E-state index in [4.69, 9.17) is 0 Å². The summed E-state index contributed by atoms with van der Waals surface area (Å²) >= 11 is 0. The molecule has 10 heteroatoms. The Bertz CT molecular complexity index is 1380. The number of carbonyl (C=O) groups is 2. The molecule has 35 heavy (non-hydrogen) atoms. The molecule has 0 saturated heterocycles. The summed E-state index contributed by atoms with van der Waals surface area (Å²) in [5, 5.41) is 6.90. The Morgan fingerprint density at radius 2 is 1.71 bits per heavy atom. The van der Waals surface area contributed by atoms with E-state index in [1.165, 1.54) is 11.0 Å². The molecule has 0 saturated carbocycles. The number of carbonyl (C=O) groups excluding carboxylic acids is 2. The van der Waals surface area contributed by atoms with Crippen LogP contribution in [0.2, 0.25) is 0 Å². The quantitative estimate of drug-likeness (QED) is 0.443. The number of rotatable bonds is 5. The normalized spacial score (nSPS) is 11.6. The number of halogens is 3. The fourth-order valence-electron chi connectivity index (χ4n) is 3.72. The summed E-state index contributed by atoms with van der Waals surface area (Å²) in [4.78, 5) is 30.5. The molecular weight excluding hydrogens is 459 g/mol. The molecule has 0 aliphatic carbocycles. The second-order valence-corrected chi connectivity index (χ2v) is 8.13. The van der Waals surface area contributed by atoms with Crippen LogP contribution in [0.25, 0.3) is 16.6 Å². The smallest absolute Gasteiger partial charge is 0.355 e. The van der Waals surface area contributed by atoms with Crippen molar-refractivity contribution < 1.29 is 22.8 Å². The molecule has 3 heterocycles. The number of alkyl halides is 3. The summed E-state index contributed by atoms with van der Waals surface area (Å²) in [5.41, 5.74) is 2.18. The minimum Gasteiger partial charge on any atom is -0.355 e. The van der Waals surface area contributed by atoms with Crippen molar-refractivity contribution in [3.05, 3.63) is 83.8 Å². The zero-order valence-electron chi connectivity index (χ0n) is 19.2. The van der Waals surface area contributed by atoms with E-state index in [1.807, 2.05) is 0 Å². The van der Waals surface area contributed by atoms with Gasteiger partial charge in [-0.25, -0.2) is 9.50 Å². The standard InChI is InChI=1S/C25H22F3N5O2/c1-15(2)33(22-9-8-19(13-30-22)25(26,27)28)24(35)18-10-11-32-21(12-18)20(14-31-32)16-4-6-17(7-5-16)23(34)29-3/h4-15H,1-3H3,(H,29,34). The van der Waals surface area contributed by atoms with Gasteiger partial charge in [0.25, 0.3) is 11.8 Å². The predicted octanol–water partition coefficient (Wildman–Crippen LogP) is 4.83. The average molecular weight is 481 g/mol. The molecule has 0 radical (unpaired) electrons. The SMILES string of the molecule is CNC(=O)c1ccc(-c2cnn3ccc(C(=O)N(c4ccc(C(F)(F)F)cn4)C(C)C)cc23)cc1. The molecule has 180 valence electrons. The van der Waals surface area contributed by atoms with Crippen molar-refractivity contribution in [1.29, 1.82) is 0 Å². The van der Waals surface area contributed by atoms with E-state index in [9.17, 15) is 22.8 Å². The Labute approximate surface area is 199 Å². The molecule has 0 aliphatic heterocycles. The van der Waals surface area contributed by atoms with Gasteiger partial charge >= 0.3 is 6.18 Å². The third kappa shape index (κ3) is 4.72. The zero-order valence-corrected chi connectivity index (χ0v) is 19.2. The van der Waals surface area contributed by atoms with Crippen molar-refractivity contribution in [1.82, 2.24) is 19.9 Å². The summed E-state index contributed by atoms with van der Waals surface area (Å²) in [7, 11) is 1.56. The highest BCUT2D eigenvalue weighted by molar-refractivity contribution is 6.07. The lowest BCUT2D eigenvalue weighted by Crippen LogP contribution is -2.37. The van der Waals surface area contributed by atoms with Gasteiger partial charge in [-0.1, -0.05) is 12.1 Å². The fraction of sp³-hybridized carbons (Fsp3) is 0.200. The number of aromatic nitrogens is 3. The molecule has 0 bridgehead atoms. The van der Waals surface area contributed by atoms with Crippen molar-refractivity contribution in [3.8, 4) is 11.1 Å². The number of amides is 2. The Morgan fingerprint density at radius 1 is 1.00 bits per heavy atom. The van der Waals surface area contributed by atoms with E-state index in [1.54, 1.807) is 74.2 Å². The van der Waals surface area contributed by atoms with Gasteiger partial charge < -0.3 is 5.32 Å². The molecule has 1 N–H and O–H groups in total. The first-order valence-corrected chi connectivity index (χ1v) is 10.8. The van der Waals surface area contributed by atoms with Crippen LogP contribution in [0.5, 0.6) is 0 Å². The number of nitrogens with zero attached hydrogens (tertiary/aromatic N) is 4. The minimum absolute atomic E-state index is 0.122. The van der Waals surface area contributed by atoms with Gasteiger partial charge in [-0.3, -0.25) is 14.5 Å². The van der Waals surface area contributed by atoms with Crippen LogP contribution in [-0.4, -0.2) is 39.5 Å². The lowest BCUT2D eigenvalue weighted by molar-refractivity contribution is -0.137. The number of pyridine rings is 2. The highest BCUT2D eigenvalue weighted by Gasteiger charge is 2.31. The largest absolute Gasteiger partial charge is 0.417 e. The van der Waals surface area contributed by atoms with Crippen molar-refractivity contribution >= 4 is 23.1 Å². The third-order valence-corrected chi connectivity index (χ3v) is 5.51. The summed E-state index contributed by atoms with van der Waals surface area (Å²) in [6, 6.07) is 12.0. The molecule has 1 aromatic carbocycles. The molecule has 4 rings (SSSR count). The van der Waals surface area contributed by atoms with Crippen LogP contribution in [0.15, 0.2) is 67.1 Å². The monoisotopic (exact) mass is 481 g/mol. The van der Waals surface area contributed by atoms with E-state index in [-0.39, 0.29) is 17.8 Å². The van der Waals surface area contributed by atoms with Crippen molar-refractivity contribution in [2.24, 2.45) is 0 Å². The van der Waals surface area contributed by atoms with Gasteiger partial charge in [0.05, 0.1) is 17.3 Å². The van der Waals surface area contributed by atoms with Crippen LogP contribution in [-0.2, 0) is 6.18 Å². The fourth-order valence-corrected chi connectivity index (χ4v) is 3.72. The second kappa shape index (κ2) is 9.21. The van der Waals surface area contributed by atoms with Crippen LogP contribution < -0.4 is 10.2 Å². The van der Waals surface area contributed by atoms with E-state index in [0.717, 1.165) is 23.4 Å². The summed E-state index contributed by atoms with van der Waals surface area (Å²) in [5.74, 6) is -0.483. The number of hydrogen-bond donors (Lipinski definition) is 1. The van der Waals surface area contributed by atoms with Crippen molar-refractivity contribution in [2.45, 2.75) is 26.1 Å². The maximum absolute atomic E-state index is 13.4. The Morgan fingerprint density at radius 3 is 2.29 bits per heavy atom. The first kappa shape index (κ1) is 23.9. The lowest BCUT2D eigenvalue weighted by Gasteiger charge is -2.26. The number of anilines is 1. The van der Waals surface area contributed by atoms with E-state index >= 15 is 0 Å². The van der Waals surface area contributed by atoms with Crippen LogP contribution >= 0.6 is 0 Å². The molecule has 2 amide bonds. The first-order chi connectivity index (χ1) is 16.6. The van der Waals surface area contributed by atoms with Gasteiger partial charge in [0.15, 0.2) is 0 Å². The first-order valence-electron chi connectivity index (χ1n) is 10.8. The number of benzene rings is 1. The topological polar surface area (TPSA) is 79.6 Å². The maximum Gasteiger partial charge on any atom is 0.417 e. The van der Waals surface area contributed by atoms with Crippen molar-refractivity contribution in [2.75, 3.05) is 11.9 Å². The van der Waals surface area contributed by atoms with Crippen LogP contribution in [0.3, 0.4) is 0 Å². The van der Waals surface area contributed by atoms with Gasteiger partial charge in [-0.05, 0) is 55.8 Å². The number of nitrogens with one attached hydrogen (secondary N) is 1. The molecule has 7 nitrogen and oxygen atoms in total. The maximum atomic E-state index is 13.4. The molecule has 0 fully saturated rings. The van der Waals surface area contributed by atoms with Gasteiger partial charge in [-0.15, -0.1) is 0 Å². The van der Waals surface area contributed by atoms with Crippen LogP contribution in [0, 0.1) is 0 Å². The third-order valence-electron chi connectivity index (χ3n) is 5.51. The molecular formula is C25H22F3N5O2. The molecule has 0 atom stereocenters. The average Bonchev–Trinajstić information content (AvgIpc) is 3.26. The molecule has 0 spiro atoms. The molecule has 0 unspecified atom stereocenters. The summed E-state index contributed by atoms with van der Waals surface area (Å²) < 4.78 is 40.4. The van der Waals surface area contributed by atoms with Gasteiger partial charge in [0.2, 0.25) is 0 Å². The molecule has 3 aromatic heterocycles. The van der Waals surface area contributed by atoms with Gasteiger partial charge in [-0.2, -0.15) is 18.3 Å². The van der Waals surface area contributed by atoms with E-state index in [2.05, 4.69) is 15.4 Å². The highest BCUT2D eigenvalue weighted by atomic mass is 19.4. The van der Waals surface area contributed by atoms with Crippen molar-refractivity contribution in [3.63, 3.8) is 0 Å². The Balaban J connectivity index is 1.69. The number of hydrogen-bond acceptors (Lipinski definition) is 4. The van der Waals surface area contributed by atoms with Crippen LogP contribution in [0.1, 0.15) is 40.1 Å². The van der Waals surface area contributed by atoms with Gasteiger partial charge in [0, 0.05) is 42.2 Å². The van der Waals surface area contributed by atoms with Gasteiger partial charge in [0.1, 0.15) is 5.82 Å². The predicted molar refractivity (Wildman–Crippen MR) is 125 cm³/mol. The lowest BCUT2D eigenvalue weighted by atomic mass is 10.0. The molecule has 4 aromatic rings. The van der Waals surface area contributed by atoms with E-state index < -0.39 is 17.6 Å².